The first-order valence-electron chi connectivity index (χ1n) is 11.5. The van der Waals surface area contributed by atoms with E-state index in [1.54, 1.807) is 0 Å². The van der Waals surface area contributed by atoms with E-state index in [0.29, 0.717) is 30.3 Å². The van der Waals surface area contributed by atoms with E-state index in [1.807, 2.05) is 30.6 Å². The summed E-state index contributed by atoms with van der Waals surface area (Å²) in [6.45, 7) is 2.14. The van der Waals surface area contributed by atoms with Gasteiger partial charge in [0, 0.05) is 42.6 Å². The van der Waals surface area contributed by atoms with E-state index in [4.69, 9.17) is 0 Å². The molecular weight excluding hydrogens is 384 g/mol. The fourth-order valence-corrected chi connectivity index (χ4v) is 6.09. The largest absolute Gasteiger partial charge is 0.371 e. The van der Waals surface area contributed by atoms with Gasteiger partial charge in [0.2, 0.25) is 5.91 Å². The van der Waals surface area contributed by atoms with Gasteiger partial charge in [-0.15, -0.1) is 0 Å². The highest BCUT2D eigenvalue weighted by molar-refractivity contribution is 5.80. The number of aromatic amines is 1. The number of rotatable bonds is 5. The van der Waals surface area contributed by atoms with Crippen molar-refractivity contribution >= 4 is 11.6 Å². The van der Waals surface area contributed by atoms with E-state index in [1.165, 1.54) is 23.2 Å². The molecule has 3 unspecified atom stereocenters. The molecule has 2 saturated heterocycles. The second-order valence-electron chi connectivity index (χ2n) is 9.28. The van der Waals surface area contributed by atoms with Crippen LogP contribution in [0.1, 0.15) is 30.4 Å². The maximum absolute atomic E-state index is 13.1. The number of hydrogen-bond donors (Lipinski definition) is 1. The Morgan fingerprint density at radius 3 is 2.84 bits per heavy atom. The molecule has 1 N–H and O–H groups in total. The van der Waals surface area contributed by atoms with Gasteiger partial charge < -0.3 is 9.80 Å². The molecule has 3 aliphatic heterocycles. The standard InChI is InChI=1S/C26H28N4O/c31-26(12-18-4-2-1-3-5-18)30-23-7-9-25(30)21(14-23)17-29-11-10-20-13-19(6-8-24(20)29)22-15-27-28-16-22/h1-6,8,13,15-16,21,23,25H,7,9-12,14,17H2,(H,27,28). The summed E-state index contributed by atoms with van der Waals surface area (Å²) in [6.07, 6.45) is 8.95. The third kappa shape index (κ3) is 3.32. The normalized spacial score (nSPS) is 24.1. The van der Waals surface area contributed by atoms with Crippen LogP contribution in [0.25, 0.3) is 11.1 Å². The van der Waals surface area contributed by atoms with Crippen LogP contribution >= 0.6 is 0 Å². The Balaban J connectivity index is 1.15. The molecule has 1 aromatic heterocycles. The number of nitrogens with zero attached hydrogens (tertiary/aromatic N) is 3. The number of anilines is 1. The van der Waals surface area contributed by atoms with Gasteiger partial charge in [-0.2, -0.15) is 5.10 Å². The minimum absolute atomic E-state index is 0.313. The van der Waals surface area contributed by atoms with Gasteiger partial charge in [-0.25, -0.2) is 0 Å². The van der Waals surface area contributed by atoms with E-state index in [-0.39, 0.29) is 0 Å². The predicted octanol–water partition coefficient (Wildman–Crippen LogP) is 4.06. The Labute approximate surface area is 183 Å². The van der Waals surface area contributed by atoms with E-state index in [9.17, 15) is 4.79 Å². The molecule has 5 heteroatoms. The van der Waals surface area contributed by atoms with Crippen molar-refractivity contribution < 1.29 is 4.79 Å². The smallest absolute Gasteiger partial charge is 0.227 e. The summed E-state index contributed by atoms with van der Waals surface area (Å²) in [5, 5.41) is 6.98. The van der Waals surface area contributed by atoms with Crippen molar-refractivity contribution in [3.05, 3.63) is 72.1 Å². The molecule has 0 aliphatic carbocycles. The van der Waals surface area contributed by atoms with E-state index >= 15 is 0 Å². The minimum atomic E-state index is 0.313. The summed E-state index contributed by atoms with van der Waals surface area (Å²) in [4.78, 5) is 17.9. The fraction of sp³-hybridized carbons (Fsp3) is 0.385. The molecule has 6 rings (SSSR count). The molecular formula is C26H28N4O. The SMILES string of the molecule is O=C(Cc1ccccc1)N1C2CCC1C(CN1CCc3cc(-c4cn[nH]c4)ccc31)C2. The van der Waals surface area contributed by atoms with Crippen LogP contribution in [0.4, 0.5) is 5.69 Å². The quantitative estimate of drug-likeness (QED) is 0.688. The van der Waals surface area contributed by atoms with Crippen LogP contribution in [0.15, 0.2) is 60.9 Å². The van der Waals surface area contributed by atoms with Crippen molar-refractivity contribution in [1.29, 1.82) is 0 Å². The first-order chi connectivity index (χ1) is 15.3. The van der Waals surface area contributed by atoms with Crippen LogP contribution in [0.5, 0.6) is 0 Å². The molecule has 0 saturated carbocycles. The van der Waals surface area contributed by atoms with Crippen LogP contribution in [-0.4, -0.2) is 46.2 Å². The Bertz CT molecular complexity index is 1080. The zero-order valence-corrected chi connectivity index (χ0v) is 17.7. The number of benzene rings is 2. The van der Waals surface area contributed by atoms with Gasteiger partial charge in [-0.1, -0.05) is 36.4 Å². The molecule has 4 heterocycles. The first-order valence-corrected chi connectivity index (χ1v) is 11.5. The highest BCUT2D eigenvalue weighted by Gasteiger charge is 2.48. The predicted molar refractivity (Wildman–Crippen MR) is 122 cm³/mol. The Kier molecular flexibility index (Phi) is 4.55. The van der Waals surface area contributed by atoms with E-state index in [0.717, 1.165) is 43.5 Å². The van der Waals surface area contributed by atoms with Crippen LogP contribution in [0.2, 0.25) is 0 Å². The number of carbonyl (C=O) groups excluding carboxylic acids is 1. The molecule has 2 aromatic carbocycles. The summed E-state index contributed by atoms with van der Waals surface area (Å²) >= 11 is 0. The van der Waals surface area contributed by atoms with Gasteiger partial charge in [0.15, 0.2) is 0 Å². The van der Waals surface area contributed by atoms with Crippen molar-refractivity contribution in [2.75, 3.05) is 18.0 Å². The van der Waals surface area contributed by atoms with E-state index < -0.39 is 0 Å². The van der Waals surface area contributed by atoms with Crippen molar-refractivity contribution in [2.45, 2.75) is 44.2 Å². The maximum atomic E-state index is 13.1. The first kappa shape index (κ1) is 18.7. The average Bonchev–Trinajstić information content (AvgIpc) is 3.58. The molecule has 1 amide bonds. The lowest BCUT2D eigenvalue weighted by Crippen LogP contribution is -2.40. The monoisotopic (exact) mass is 412 g/mol. The zero-order valence-electron chi connectivity index (χ0n) is 17.7. The molecule has 2 bridgehead atoms. The molecule has 3 aromatic rings. The molecule has 2 fully saturated rings. The molecule has 0 spiro atoms. The van der Waals surface area contributed by atoms with E-state index in [2.05, 4.69) is 50.3 Å². The van der Waals surface area contributed by atoms with Crippen molar-refractivity contribution in [2.24, 2.45) is 5.92 Å². The summed E-state index contributed by atoms with van der Waals surface area (Å²) in [7, 11) is 0. The summed E-state index contributed by atoms with van der Waals surface area (Å²) in [5.41, 5.74) is 6.29. The molecule has 3 aliphatic rings. The van der Waals surface area contributed by atoms with Crippen molar-refractivity contribution in [3.63, 3.8) is 0 Å². The molecule has 5 nitrogen and oxygen atoms in total. The van der Waals surface area contributed by atoms with Crippen LogP contribution < -0.4 is 4.90 Å². The highest BCUT2D eigenvalue weighted by Crippen LogP contribution is 2.43. The van der Waals surface area contributed by atoms with Gasteiger partial charge in [-0.3, -0.25) is 9.89 Å². The lowest BCUT2D eigenvalue weighted by atomic mass is 9.89. The summed E-state index contributed by atoms with van der Waals surface area (Å²) in [5.74, 6) is 0.894. The topological polar surface area (TPSA) is 52.2 Å². The van der Waals surface area contributed by atoms with Gasteiger partial charge in [0.1, 0.15) is 0 Å². The Morgan fingerprint density at radius 2 is 2.00 bits per heavy atom. The lowest BCUT2D eigenvalue weighted by Gasteiger charge is -2.29. The average molecular weight is 413 g/mol. The number of amides is 1. The lowest BCUT2D eigenvalue weighted by molar-refractivity contribution is -0.131. The van der Waals surface area contributed by atoms with Gasteiger partial charge in [-0.05, 0) is 60.4 Å². The minimum Gasteiger partial charge on any atom is -0.371 e. The van der Waals surface area contributed by atoms with Gasteiger partial charge in [0.05, 0.1) is 12.6 Å². The van der Waals surface area contributed by atoms with Crippen LogP contribution in [-0.2, 0) is 17.6 Å². The second-order valence-corrected chi connectivity index (χ2v) is 9.28. The van der Waals surface area contributed by atoms with Gasteiger partial charge >= 0.3 is 0 Å². The fourth-order valence-electron chi connectivity index (χ4n) is 6.09. The van der Waals surface area contributed by atoms with Gasteiger partial charge in [0.25, 0.3) is 0 Å². The number of hydrogen-bond acceptors (Lipinski definition) is 3. The van der Waals surface area contributed by atoms with Crippen molar-refractivity contribution in [3.8, 4) is 11.1 Å². The second kappa shape index (κ2) is 7.56. The number of carbonyl (C=O) groups is 1. The van der Waals surface area contributed by atoms with Crippen molar-refractivity contribution in [1.82, 2.24) is 15.1 Å². The molecule has 3 atom stereocenters. The summed E-state index contributed by atoms with van der Waals surface area (Å²) < 4.78 is 0. The molecule has 158 valence electrons. The highest BCUT2D eigenvalue weighted by atomic mass is 16.2. The Morgan fingerprint density at radius 1 is 1.10 bits per heavy atom. The third-order valence-corrected chi connectivity index (χ3v) is 7.51. The third-order valence-electron chi connectivity index (χ3n) is 7.51. The number of aromatic nitrogens is 2. The number of nitrogens with one attached hydrogen (secondary N) is 1. The summed E-state index contributed by atoms with van der Waals surface area (Å²) in [6, 6.07) is 17.8. The molecule has 31 heavy (non-hydrogen) atoms. The van der Waals surface area contributed by atoms with Crippen LogP contribution in [0.3, 0.4) is 0 Å². The Hall–Kier alpha value is -3.08. The molecule has 0 radical (unpaired) electrons. The van der Waals surface area contributed by atoms with Crippen LogP contribution in [0, 0.1) is 5.92 Å². The number of H-pyrrole nitrogens is 1. The maximum Gasteiger partial charge on any atom is 0.227 e. The zero-order chi connectivity index (χ0) is 20.8. The number of fused-ring (bicyclic) bond motifs is 3.